The Morgan fingerprint density at radius 3 is 2.32 bits per heavy atom. The van der Waals surface area contributed by atoms with Gasteiger partial charge in [-0.3, -0.25) is 9.78 Å². The first-order valence-corrected chi connectivity index (χ1v) is 11.1. The second-order valence-corrected chi connectivity index (χ2v) is 8.36. The molecular formula is C26H26F2N2O4. The molecule has 1 aliphatic rings. The number of ether oxygens (including phenoxy) is 3. The molecule has 0 spiro atoms. The molecule has 1 unspecified atom stereocenters. The fourth-order valence-corrected chi connectivity index (χ4v) is 3.34. The van der Waals surface area contributed by atoms with Crippen molar-refractivity contribution in [1.82, 2.24) is 10.3 Å². The SMILES string of the molecule is CC(=O)NC(C)c1ccc(OCc2c(F)cc(Oc3cncc(OCC4CC4)c3)cc2F)cc1. The molecule has 1 atom stereocenters. The highest BCUT2D eigenvalue weighted by Gasteiger charge is 2.22. The summed E-state index contributed by atoms with van der Waals surface area (Å²) in [6.45, 7) is 3.65. The fraction of sp³-hybridized carbons (Fsp3) is 0.308. The summed E-state index contributed by atoms with van der Waals surface area (Å²) in [6, 6.07) is 10.6. The number of carbonyl (C=O) groups is 1. The Labute approximate surface area is 196 Å². The van der Waals surface area contributed by atoms with E-state index in [1.165, 1.54) is 26.0 Å². The Hall–Kier alpha value is -3.68. The van der Waals surface area contributed by atoms with Gasteiger partial charge < -0.3 is 19.5 Å². The quantitative estimate of drug-likeness (QED) is 0.412. The maximum atomic E-state index is 14.6. The van der Waals surface area contributed by atoms with Crippen LogP contribution >= 0.6 is 0 Å². The van der Waals surface area contributed by atoms with E-state index in [1.54, 1.807) is 36.5 Å². The predicted octanol–water partition coefficient (Wildman–Crippen LogP) is 5.72. The van der Waals surface area contributed by atoms with Gasteiger partial charge in [0, 0.05) is 25.1 Å². The number of rotatable bonds is 10. The van der Waals surface area contributed by atoms with Crippen LogP contribution in [0, 0.1) is 17.6 Å². The van der Waals surface area contributed by atoms with Crippen molar-refractivity contribution in [2.75, 3.05) is 6.61 Å². The molecule has 1 fully saturated rings. The number of benzene rings is 2. The zero-order valence-corrected chi connectivity index (χ0v) is 19.0. The molecule has 1 aliphatic carbocycles. The van der Waals surface area contributed by atoms with Crippen LogP contribution in [0.2, 0.25) is 0 Å². The first-order chi connectivity index (χ1) is 16.4. The van der Waals surface area contributed by atoms with Crippen molar-refractivity contribution < 1.29 is 27.8 Å². The van der Waals surface area contributed by atoms with Crippen LogP contribution in [-0.2, 0) is 11.4 Å². The third-order valence-corrected chi connectivity index (χ3v) is 5.40. The number of amides is 1. The number of carbonyl (C=O) groups excluding carboxylic acids is 1. The zero-order valence-electron chi connectivity index (χ0n) is 19.0. The highest BCUT2D eigenvalue weighted by Crippen LogP contribution is 2.31. The van der Waals surface area contributed by atoms with Gasteiger partial charge in [-0.2, -0.15) is 0 Å². The molecule has 0 bridgehead atoms. The molecule has 1 amide bonds. The lowest BCUT2D eigenvalue weighted by Gasteiger charge is -2.14. The van der Waals surface area contributed by atoms with Crippen LogP contribution in [0.5, 0.6) is 23.0 Å². The minimum atomic E-state index is -0.778. The summed E-state index contributed by atoms with van der Waals surface area (Å²) in [6.07, 6.45) is 5.36. The molecule has 4 rings (SSSR count). The molecule has 2 aromatic carbocycles. The van der Waals surface area contributed by atoms with Crippen molar-refractivity contribution in [3.63, 3.8) is 0 Å². The van der Waals surface area contributed by atoms with Gasteiger partial charge in [0.2, 0.25) is 5.91 Å². The zero-order chi connectivity index (χ0) is 24.1. The van der Waals surface area contributed by atoms with E-state index in [-0.39, 0.29) is 29.9 Å². The van der Waals surface area contributed by atoms with Crippen molar-refractivity contribution >= 4 is 5.91 Å². The summed E-state index contributed by atoms with van der Waals surface area (Å²) in [5, 5.41) is 2.79. The number of nitrogens with zero attached hydrogens (tertiary/aromatic N) is 1. The molecule has 0 aliphatic heterocycles. The van der Waals surface area contributed by atoms with Crippen LogP contribution < -0.4 is 19.5 Å². The number of hydrogen-bond acceptors (Lipinski definition) is 5. The third kappa shape index (κ3) is 6.43. The summed E-state index contributed by atoms with van der Waals surface area (Å²) in [5.41, 5.74) is 0.681. The predicted molar refractivity (Wildman–Crippen MR) is 122 cm³/mol. The number of nitrogens with one attached hydrogen (secondary N) is 1. The van der Waals surface area contributed by atoms with E-state index >= 15 is 0 Å². The average Bonchev–Trinajstić information content (AvgIpc) is 3.62. The summed E-state index contributed by atoms with van der Waals surface area (Å²) in [5.74, 6) is 0.241. The molecule has 1 N–H and O–H groups in total. The maximum Gasteiger partial charge on any atom is 0.217 e. The minimum absolute atomic E-state index is 0.0104. The maximum absolute atomic E-state index is 14.6. The molecule has 1 heterocycles. The van der Waals surface area contributed by atoms with Crippen LogP contribution in [0.25, 0.3) is 0 Å². The lowest BCUT2D eigenvalue weighted by atomic mass is 10.1. The summed E-state index contributed by atoms with van der Waals surface area (Å²) in [7, 11) is 0. The van der Waals surface area contributed by atoms with Gasteiger partial charge >= 0.3 is 0 Å². The number of hydrogen-bond donors (Lipinski definition) is 1. The third-order valence-electron chi connectivity index (χ3n) is 5.40. The van der Waals surface area contributed by atoms with Crippen molar-refractivity contribution in [3.05, 3.63) is 77.6 Å². The van der Waals surface area contributed by atoms with E-state index < -0.39 is 11.6 Å². The molecule has 3 aromatic rings. The molecule has 34 heavy (non-hydrogen) atoms. The molecule has 6 nitrogen and oxygen atoms in total. The second-order valence-electron chi connectivity index (χ2n) is 8.36. The molecule has 8 heteroatoms. The van der Waals surface area contributed by atoms with Crippen LogP contribution in [0.1, 0.15) is 43.9 Å². The minimum Gasteiger partial charge on any atom is -0.492 e. The van der Waals surface area contributed by atoms with Gasteiger partial charge in [-0.25, -0.2) is 8.78 Å². The largest absolute Gasteiger partial charge is 0.492 e. The van der Waals surface area contributed by atoms with Crippen molar-refractivity contribution in [1.29, 1.82) is 0 Å². The molecule has 0 saturated heterocycles. The molecule has 0 radical (unpaired) electrons. The van der Waals surface area contributed by atoms with E-state index in [0.717, 1.165) is 17.7 Å². The van der Waals surface area contributed by atoms with Crippen LogP contribution in [0.15, 0.2) is 54.9 Å². The molecular weight excluding hydrogens is 442 g/mol. The Balaban J connectivity index is 1.37. The van der Waals surface area contributed by atoms with Crippen molar-refractivity contribution in [3.8, 4) is 23.0 Å². The van der Waals surface area contributed by atoms with E-state index in [0.29, 0.717) is 29.8 Å². The average molecular weight is 469 g/mol. The number of pyridine rings is 1. The summed E-state index contributed by atoms with van der Waals surface area (Å²) < 4.78 is 46.1. The van der Waals surface area contributed by atoms with Crippen LogP contribution in [0.4, 0.5) is 8.78 Å². The van der Waals surface area contributed by atoms with Gasteiger partial charge in [-0.1, -0.05) is 12.1 Å². The Kier molecular flexibility index (Phi) is 7.25. The van der Waals surface area contributed by atoms with Gasteiger partial charge in [-0.15, -0.1) is 0 Å². The second kappa shape index (κ2) is 10.5. The number of aromatic nitrogens is 1. The van der Waals surface area contributed by atoms with E-state index in [1.807, 2.05) is 6.92 Å². The van der Waals surface area contributed by atoms with E-state index in [4.69, 9.17) is 14.2 Å². The fourth-order valence-electron chi connectivity index (χ4n) is 3.34. The van der Waals surface area contributed by atoms with Gasteiger partial charge in [0.25, 0.3) is 0 Å². The van der Waals surface area contributed by atoms with Gasteiger partial charge in [0.1, 0.15) is 41.2 Å². The topological polar surface area (TPSA) is 69.7 Å². The Bertz CT molecular complexity index is 1130. The van der Waals surface area contributed by atoms with Crippen LogP contribution in [-0.4, -0.2) is 17.5 Å². The first-order valence-electron chi connectivity index (χ1n) is 11.1. The van der Waals surface area contributed by atoms with Gasteiger partial charge in [0.15, 0.2) is 0 Å². The Morgan fingerprint density at radius 1 is 1.00 bits per heavy atom. The summed E-state index contributed by atoms with van der Waals surface area (Å²) >= 11 is 0. The monoisotopic (exact) mass is 468 g/mol. The molecule has 1 saturated carbocycles. The lowest BCUT2D eigenvalue weighted by Crippen LogP contribution is -2.23. The van der Waals surface area contributed by atoms with Crippen LogP contribution in [0.3, 0.4) is 0 Å². The van der Waals surface area contributed by atoms with E-state index in [2.05, 4.69) is 10.3 Å². The standard InChI is InChI=1S/C26H26F2N2O4/c1-16(30-17(2)31)19-5-7-20(8-6-19)33-15-24-25(27)10-21(11-26(24)28)34-23-9-22(12-29-13-23)32-14-18-3-4-18/h5-13,16,18H,3-4,14-15H2,1-2H3,(H,30,31). The first kappa shape index (κ1) is 23.5. The van der Waals surface area contributed by atoms with Crippen molar-refractivity contribution in [2.24, 2.45) is 5.92 Å². The summed E-state index contributed by atoms with van der Waals surface area (Å²) in [4.78, 5) is 15.2. The van der Waals surface area contributed by atoms with Crippen molar-refractivity contribution in [2.45, 2.75) is 39.3 Å². The Morgan fingerprint density at radius 2 is 1.68 bits per heavy atom. The number of halogens is 2. The highest BCUT2D eigenvalue weighted by atomic mass is 19.1. The molecule has 178 valence electrons. The molecule has 1 aromatic heterocycles. The normalized spacial score (nSPS) is 13.8. The van der Waals surface area contributed by atoms with Gasteiger partial charge in [0.05, 0.1) is 30.6 Å². The smallest absolute Gasteiger partial charge is 0.217 e. The highest BCUT2D eigenvalue weighted by molar-refractivity contribution is 5.73. The van der Waals surface area contributed by atoms with Gasteiger partial charge in [-0.05, 0) is 43.4 Å². The van der Waals surface area contributed by atoms with E-state index in [9.17, 15) is 13.6 Å². The lowest BCUT2D eigenvalue weighted by molar-refractivity contribution is -0.119.